The molecule has 0 spiro atoms. The minimum Gasteiger partial charge on any atom is -0.465 e. The molecule has 1 aliphatic rings. The molecule has 0 aliphatic carbocycles. The number of carboxylic acid groups (broad SMARTS) is 1. The molecule has 2 aromatic rings. The number of anilines is 3. The van der Waals surface area contributed by atoms with Crippen LogP contribution >= 0.6 is 0 Å². The molecule has 1 aromatic carbocycles. The number of rotatable bonds is 5. The van der Waals surface area contributed by atoms with Crippen LogP contribution in [0.1, 0.15) is 18.4 Å². The van der Waals surface area contributed by atoms with Crippen molar-refractivity contribution < 1.29 is 14.3 Å². The van der Waals surface area contributed by atoms with Crippen LogP contribution in [0.4, 0.5) is 26.5 Å². The lowest BCUT2D eigenvalue weighted by atomic mass is 9.96. The zero-order valence-corrected chi connectivity index (χ0v) is 15.5. The van der Waals surface area contributed by atoms with Gasteiger partial charge < -0.3 is 20.2 Å². The van der Waals surface area contributed by atoms with Crippen molar-refractivity contribution in [3.63, 3.8) is 0 Å². The molecule has 0 unspecified atom stereocenters. The van der Waals surface area contributed by atoms with Crippen molar-refractivity contribution in [2.75, 3.05) is 36.9 Å². The van der Waals surface area contributed by atoms with Crippen molar-refractivity contribution in [1.82, 2.24) is 14.9 Å². The first-order valence-electron chi connectivity index (χ1n) is 8.96. The zero-order chi connectivity index (χ0) is 19.4. The van der Waals surface area contributed by atoms with E-state index in [9.17, 15) is 9.18 Å². The van der Waals surface area contributed by atoms with Gasteiger partial charge in [-0.05, 0) is 43.4 Å². The molecule has 7 nitrogen and oxygen atoms in total. The van der Waals surface area contributed by atoms with Gasteiger partial charge >= 0.3 is 6.09 Å². The Labute approximate surface area is 157 Å². The number of nitrogens with one attached hydrogen (secondary N) is 1. The third-order valence-corrected chi connectivity index (χ3v) is 4.85. The highest BCUT2D eigenvalue weighted by atomic mass is 19.1. The molecule has 144 valence electrons. The predicted octanol–water partition coefficient (Wildman–Crippen LogP) is 3.49. The second-order valence-electron chi connectivity index (χ2n) is 6.96. The Morgan fingerprint density at radius 1 is 1.33 bits per heavy atom. The zero-order valence-electron chi connectivity index (χ0n) is 15.5. The van der Waals surface area contributed by atoms with Crippen LogP contribution in [0.5, 0.6) is 0 Å². The van der Waals surface area contributed by atoms with Gasteiger partial charge in [0.25, 0.3) is 0 Å². The van der Waals surface area contributed by atoms with Gasteiger partial charge in [0.2, 0.25) is 0 Å². The maximum atomic E-state index is 14.0. The SMILES string of the molecule is Cc1ccc(Nc2cc(N(C)CC3CCN(C(=O)O)CC3)ncn2)c(F)c1. The summed E-state index contributed by atoms with van der Waals surface area (Å²) in [4.78, 5) is 23.0. The van der Waals surface area contributed by atoms with Crippen LogP contribution in [0.15, 0.2) is 30.6 Å². The van der Waals surface area contributed by atoms with Crippen molar-refractivity contribution in [3.05, 3.63) is 42.0 Å². The van der Waals surface area contributed by atoms with Crippen LogP contribution in [0, 0.1) is 18.7 Å². The number of piperidine rings is 1. The second kappa shape index (κ2) is 8.20. The van der Waals surface area contributed by atoms with Crippen LogP contribution in [-0.4, -0.2) is 52.7 Å². The summed E-state index contributed by atoms with van der Waals surface area (Å²) in [5.41, 5.74) is 1.23. The van der Waals surface area contributed by atoms with Gasteiger partial charge in [-0.1, -0.05) is 6.07 Å². The molecule has 3 rings (SSSR count). The lowest BCUT2D eigenvalue weighted by Gasteiger charge is -2.32. The smallest absolute Gasteiger partial charge is 0.407 e. The summed E-state index contributed by atoms with van der Waals surface area (Å²) >= 11 is 0. The minimum atomic E-state index is -0.850. The number of aryl methyl sites for hydroxylation is 1. The quantitative estimate of drug-likeness (QED) is 0.835. The Hall–Kier alpha value is -2.90. The predicted molar refractivity (Wildman–Crippen MR) is 102 cm³/mol. The van der Waals surface area contributed by atoms with E-state index in [0.29, 0.717) is 30.5 Å². The molecule has 1 fully saturated rings. The fraction of sp³-hybridized carbons (Fsp3) is 0.421. The number of halogens is 1. The monoisotopic (exact) mass is 373 g/mol. The number of carbonyl (C=O) groups is 1. The summed E-state index contributed by atoms with van der Waals surface area (Å²) in [6.07, 6.45) is 2.27. The van der Waals surface area contributed by atoms with Crippen LogP contribution in [0.2, 0.25) is 0 Å². The largest absolute Gasteiger partial charge is 0.465 e. The first-order chi connectivity index (χ1) is 12.9. The molecule has 1 amide bonds. The van der Waals surface area contributed by atoms with E-state index in [1.165, 1.54) is 17.3 Å². The molecule has 0 saturated carbocycles. The molecular weight excluding hydrogens is 349 g/mol. The summed E-state index contributed by atoms with van der Waals surface area (Å²) in [6.45, 7) is 3.75. The lowest BCUT2D eigenvalue weighted by Crippen LogP contribution is -2.40. The Morgan fingerprint density at radius 2 is 2.07 bits per heavy atom. The van der Waals surface area contributed by atoms with Crippen LogP contribution in [0.3, 0.4) is 0 Å². The fourth-order valence-corrected chi connectivity index (χ4v) is 3.27. The van der Waals surface area contributed by atoms with Crippen molar-refractivity contribution >= 4 is 23.4 Å². The number of likely N-dealkylation sites (tertiary alicyclic amines) is 1. The molecular formula is C19H24FN5O2. The average Bonchev–Trinajstić information content (AvgIpc) is 2.65. The topological polar surface area (TPSA) is 81.6 Å². The third kappa shape index (κ3) is 4.84. The fourth-order valence-electron chi connectivity index (χ4n) is 3.27. The van der Waals surface area contributed by atoms with E-state index in [4.69, 9.17) is 5.11 Å². The standard InChI is InChI=1S/C19H24FN5O2/c1-13-3-4-16(15(20)9-13)23-17-10-18(22-12-21-17)24(2)11-14-5-7-25(8-6-14)19(26)27/h3-4,9-10,12,14H,5-8,11H2,1-2H3,(H,26,27)(H,21,22,23). The molecule has 27 heavy (non-hydrogen) atoms. The first kappa shape index (κ1) is 18.9. The van der Waals surface area contributed by atoms with Gasteiger partial charge in [0, 0.05) is 32.7 Å². The molecule has 0 atom stereocenters. The van der Waals surface area contributed by atoms with Gasteiger partial charge in [-0.2, -0.15) is 0 Å². The van der Waals surface area contributed by atoms with E-state index < -0.39 is 6.09 Å². The van der Waals surface area contributed by atoms with Crippen molar-refractivity contribution in [2.24, 2.45) is 5.92 Å². The summed E-state index contributed by atoms with van der Waals surface area (Å²) in [5.74, 6) is 1.34. The second-order valence-corrected chi connectivity index (χ2v) is 6.96. The molecule has 0 radical (unpaired) electrons. The van der Waals surface area contributed by atoms with E-state index in [2.05, 4.69) is 15.3 Å². The van der Waals surface area contributed by atoms with E-state index in [1.807, 2.05) is 24.9 Å². The van der Waals surface area contributed by atoms with Crippen molar-refractivity contribution in [3.8, 4) is 0 Å². The van der Waals surface area contributed by atoms with Crippen molar-refractivity contribution in [2.45, 2.75) is 19.8 Å². The number of aromatic nitrogens is 2. The number of nitrogens with zero attached hydrogens (tertiary/aromatic N) is 4. The number of benzene rings is 1. The summed E-state index contributed by atoms with van der Waals surface area (Å²) in [5, 5.41) is 12.0. The minimum absolute atomic E-state index is 0.325. The summed E-state index contributed by atoms with van der Waals surface area (Å²) in [7, 11) is 1.95. The Kier molecular flexibility index (Phi) is 5.73. The van der Waals surface area contributed by atoms with Gasteiger partial charge in [0.1, 0.15) is 23.8 Å². The van der Waals surface area contributed by atoms with Gasteiger partial charge in [0.05, 0.1) is 5.69 Å². The van der Waals surface area contributed by atoms with Crippen LogP contribution in [-0.2, 0) is 0 Å². The number of hydrogen-bond acceptors (Lipinski definition) is 5. The lowest BCUT2D eigenvalue weighted by molar-refractivity contribution is 0.125. The first-order valence-corrected chi connectivity index (χ1v) is 8.96. The molecule has 8 heteroatoms. The molecule has 2 N–H and O–H groups in total. The van der Waals surface area contributed by atoms with Gasteiger partial charge in [-0.3, -0.25) is 0 Å². The van der Waals surface area contributed by atoms with E-state index in [-0.39, 0.29) is 5.82 Å². The molecule has 0 bridgehead atoms. The normalized spacial score (nSPS) is 14.9. The highest BCUT2D eigenvalue weighted by Crippen LogP contribution is 2.23. The van der Waals surface area contributed by atoms with E-state index in [1.54, 1.807) is 12.1 Å². The van der Waals surface area contributed by atoms with E-state index in [0.717, 1.165) is 30.8 Å². The molecule has 1 saturated heterocycles. The highest BCUT2D eigenvalue weighted by molar-refractivity contribution is 5.65. The number of hydrogen-bond donors (Lipinski definition) is 2. The molecule has 2 heterocycles. The maximum Gasteiger partial charge on any atom is 0.407 e. The summed E-state index contributed by atoms with van der Waals surface area (Å²) < 4.78 is 14.0. The van der Waals surface area contributed by atoms with Crippen molar-refractivity contribution in [1.29, 1.82) is 0 Å². The van der Waals surface area contributed by atoms with E-state index >= 15 is 0 Å². The van der Waals surface area contributed by atoms with Crippen LogP contribution in [0.25, 0.3) is 0 Å². The maximum absolute atomic E-state index is 14.0. The highest BCUT2D eigenvalue weighted by Gasteiger charge is 2.23. The molecule has 1 aromatic heterocycles. The summed E-state index contributed by atoms with van der Waals surface area (Å²) in [6, 6.07) is 6.78. The number of amides is 1. The van der Waals surface area contributed by atoms with Gasteiger partial charge in [-0.15, -0.1) is 0 Å². The van der Waals surface area contributed by atoms with Gasteiger partial charge in [0.15, 0.2) is 0 Å². The molecule has 1 aliphatic heterocycles. The Morgan fingerprint density at radius 3 is 2.74 bits per heavy atom. The Bertz CT molecular complexity index is 808. The third-order valence-electron chi connectivity index (χ3n) is 4.85. The van der Waals surface area contributed by atoms with Gasteiger partial charge in [-0.25, -0.2) is 19.2 Å². The van der Waals surface area contributed by atoms with Crippen LogP contribution < -0.4 is 10.2 Å². The average molecular weight is 373 g/mol. The Balaban J connectivity index is 1.62.